The lowest BCUT2D eigenvalue weighted by atomic mass is 10.1. The molecule has 0 aliphatic carbocycles. The van der Waals surface area contributed by atoms with Gasteiger partial charge in [-0.1, -0.05) is 67.4 Å². The van der Waals surface area contributed by atoms with Gasteiger partial charge in [-0.25, -0.2) is 12.8 Å². The highest BCUT2D eigenvalue weighted by molar-refractivity contribution is 7.92. The second-order valence-corrected chi connectivity index (χ2v) is 12.0. The van der Waals surface area contributed by atoms with E-state index in [-0.39, 0.29) is 29.0 Å². The number of hydrogen-bond acceptors (Lipinski definition) is 4. The fraction of sp³-hybridized carbons (Fsp3) is 0.310. The van der Waals surface area contributed by atoms with E-state index >= 15 is 0 Å². The summed E-state index contributed by atoms with van der Waals surface area (Å²) < 4.78 is 43.1. The van der Waals surface area contributed by atoms with Gasteiger partial charge in [0.2, 0.25) is 11.8 Å². The molecule has 39 heavy (non-hydrogen) atoms. The van der Waals surface area contributed by atoms with Crippen molar-refractivity contribution < 1.29 is 22.4 Å². The number of carbonyl (C=O) groups excluding carboxylic acids is 2. The molecule has 3 aromatic rings. The molecule has 3 aromatic carbocycles. The number of anilines is 1. The number of hydrogen-bond donors (Lipinski definition) is 1. The van der Waals surface area contributed by atoms with E-state index in [0.29, 0.717) is 17.1 Å². The molecular weight excluding hydrogens is 541 g/mol. The quantitative estimate of drug-likeness (QED) is 0.343. The normalized spacial score (nSPS) is 12.2. The molecular formula is C29H33ClFN3O4S. The number of carbonyl (C=O) groups is 2. The topological polar surface area (TPSA) is 86.8 Å². The lowest BCUT2D eigenvalue weighted by Crippen LogP contribution is -2.51. The molecule has 3 rings (SSSR count). The van der Waals surface area contributed by atoms with Gasteiger partial charge in [-0.05, 0) is 61.7 Å². The third-order valence-corrected chi connectivity index (χ3v) is 8.15. The van der Waals surface area contributed by atoms with Gasteiger partial charge in [-0.15, -0.1) is 0 Å². The summed E-state index contributed by atoms with van der Waals surface area (Å²) in [5.74, 6) is -1.66. The van der Waals surface area contributed by atoms with Crippen molar-refractivity contribution >= 4 is 39.1 Å². The summed E-state index contributed by atoms with van der Waals surface area (Å²) in [6, 6.07) is 17.3. The predicted molar refractivity (Wildman–Crippen MR) is 151 cm³/mol. The summed E-state index contributed by atoms with van der Waals surface area (Å²) in [4.78, 5) is 28.0. The Morgan fingerprint density at radius 2 is 1.56 bits per heavy atom. The average molecular weight is 574 g/mol. The van der Waals surface area contributed by atoms with Crippen LogP contribution in [0.5, 0.6) is 0 Å². The van der Waals surface area contributed by atoms with Crippen LogP contribution >= 0.6 is 11.6 Å². The predicted octanol–water partition coefficient (Wildman–Crippen LogP) is 5.17. The van der Waals surface area contributed by atoms with Gasteiger partial charge in [-0.3, -0.25) is 13.9 Å². The van der Waals surface area contributed by atoms with Crippen molar-refractivity contribution in [2.75, 3.05) is 17.4 Å². The van der Waals surface area contributed by atoms with Crippen molar-refractivity contribution in [2.24, 2.45) is 5.92 Å². The zero-order valence-corrected chi connectivity index (χ0v) is 24.0. The Labute approximate surface area is 234 Å². The lowest BCUT2D eigenvalue weighted by Gasteiger charge is -2.32. The molecule has 0 heterocycles. The first-order valence-corrected chi connectivity index (χ1v) is 14.4. The van der Waals surface area contributed by atoms with Crippen LogP contribution in [0.25, 0.3) is 0 Å². The standard InChI is InChI=1S/C29H33ClFN3O4S/c1-20(2)17-32-29(36)22(4)33(18-23-11-13-24(30)14-12-23)28(35)19-34(27-8-6-5-7-26(27)31)39(37,38)25-15-9-21(3)10-16-25/h5-16,20,22H,17-19H2,1-4H3,(H,32,36)/t22-/m1/s1. The Kier molecular flexibility index (Phi) is 10.1. The molecule has 208 valence electrons. The first kappa shape index (κ1) is 30.1. The lowest BCUT2D eigenvalue weighted by molar-refractivity contribution is -0.139. The monoisotopic (exact) mass is 573 g/mol. The number of rotatable bonds is 11. The molecule has 0 saturated heterocycles. The van der Waals surface area contributed by atoms with Gasteiger partial charge in [0.1, 0.15) is 18.4 Å². The maximum atomic E-state index is 14.9. The summed E-state index contributed by atoms with van der Waals surface area (Å²) in [7, 11) is -4.34. The van der Waals surface area contributed by atoms with Gasteiger partial charge in [0.25, 0.3) is 10.0 Å². The van der Waals surface area contributed by atoms with Crippen molar-refractivity contribution in [1.82, 2.24) is 10.2 Å². The smallest absolute Gasteiger partial charge is 0.264 e. The fourth-order valence-corrected chi connectivity index (χ4v) is 5.37. The van der Waals surface area contributed by atoms with Gasteiger partial charge in [0.05, 0.1) is 10.6 Å². The number of nitrogens with zero attached hydrogens (tertiary/aromatic N) is 2. The SMILES string of the molecule is Cc1ccc(S(=O)(=O)N(CC(=O)N(Cc2ccc(Cl)cc2)[C@H](C)C(=O)NCC(C)C)c2ccccc2F)cc1. The molecule has 10 heteroatoms. The summed E-state index contributed by atoms with van der Waals surface area (Å²) in [6.07, 6.45) is 0. The van der Waals surface area contributed by atoms with E-state index in [1.165, 1.54) is 35.2 Å². The summed E-state index contributed by atoms with van der Waals surface area (Å²) in [5.41, 5.74) is 1.27. The van der Waals surface area contributed by atoms with E-state index in [0.717, 1.165) is 15.9 Å². The number of benzene rings is 3. The molecule has 0 aliphatic heterocycles. The highest BCUT2D eigenvalue weighted by Gasteiger charge is 2.33. The van der Waals surface area contributed by atoms with Gasteiger partial charge in [-0.2, -0.15) is 0 Å². The number of aryl methyl sites for hydroxylation is 1. The first-order chi connectivity index (χ1) is 18.4. The van der Waals surface area contributed by atoms with E-state index in [1.807, 2.05) is 20.8 Å². The Balaban J connectivity index is 2.02. The van der Waals surface area contributed by atoms with E-state index in [9.17, 15) is 22.4 Å². The average Bonchev–Trinajstić information content (AvgIpc) is 2.90. The molecule has 7 nitrogen and oxygen atoms in total. The van der Waals surface area contributed by atoms with Crippen LogP contribution in [0.4, 0.5) is 10.1 Å². The Morgan fingerprint density at radius 1 is 0.949 bits per heavy atom. The maximum Gasteiger partial charge on any atom is 0.264 e. The van der Waals surface area contributed by atoms with Gasteiger partial charge in [0, 0.05) is 18.1 Å². The van der Waals surface area contributed by atoms with Crippen LogP contribution in [0, 0.1) is 18.7 Å². The van der Waals surface area contributed by atoms with Crippen molar-refractivity contribution in [3.8, 4) is 0 Å². The van der Waals surface area contributed by atoms with Crippen LogP contribution in [0.1, 0.15) is 31.9 Å². The molecule has 0 saturated carbocycles. The fourth-order valence-electron chi connectivity index (χ4n) is 3.83. The minimum Gasteiger partial charge on any atom is -0.354 e. The van der Waals surface area contributed by atoms with Crippen LogP contribution in [0.3, 0.4) is 0 Å². The van der Waals surface area contributed by atoms with Crippen molar-refractivity contribution in [3.05, 3.63) is 94.8 Å². The summed E-state index contributed by atoms with van der Waals surface area (Å²) in [6.45, 7) is 7.00. The third-order valence-electron chi connectivity index (χ3n) is 6.13. The first-order valence-electron chi connectivity index (χ1n) is 12.6. The van der Waals surface area contributed by atoms with Crippen molar-refractivity contribution in [1.29, 1.82) is 0 Å². The number of nitrogens with one attached hydrogen (secondary N) is 1. The molecule has 0 aromatic heterocycles. The Morgan fingerprint density at radius 3 is 2.15 bits per heavy atom. The van der Waals surface area contributed by atoms with E-state index in [1.54, 1.807) is 43.3 Å². The van der Waals surface area contributed by atoms with E-state index in [4.69, 9.17) is 11.6 Å². The highest BCUT2D eigenvalue weighted by Crippen LogP contribution is 2.27. The van der Waals surface area contributed by atoms with Gasteiger partial charge >= 0.3 is 0 Å². The summed E-state index contributed by atoms with van der Waals surface area (Å²) >= 11 is 6.01. The molecule has 1 atom stereocenters. The van der Waals surface area contributed by atoms with Crippen LogP contribution in [-0.2, 0) is 26.2 Å². The molecule has 0 aliphatic rings. The molecule has 0 bridgehead atoms. The number of halogens is 2. The molecule has 0 radical (unpaired) electrons. The molecule has 1 N–H and O–H groups in total. The number of sulfonamides is 1. The minimum absolute atomic E-state index is 0.0158. The van der Waals surface area contributed by atoms with Crippen LogP contribution in [0.15, 0.2) is 77.7 Å². The summed E-state index contributed by atoms with van der Waals surface area (Å²) in [5, 5.41) is 3.33. The number of amides is 2. The van der Waals surface area contributed by atoms with Crippen molar-refractivity contribution in [3.63, 3.8) is 0 Å². The largest absolute Gasteiger partial charge is 0.354 e. The van der Waals surface area contributed by atoms with E-state index in [2.05, 4.69) is 5.32 Å². The van der Waals surface area contributed by atoms with Crippen LogP contribution in [0.2, 0.25) is 5.02 Å². The highest BCUT2D eigenvalue weighted by atomic mass is 35.5. The van der Waals surface area contributed by atoms with Gasteiger partial charge in [0.15, 0.2) is 0 Å². The zero-order valence-electron chi connectivity index (χ0n) is 22.4. The number of para-hydroxylation sites is 1. The second kappa shape index (κ2) is 13.1. The van der Waals surface area contributed by atoms with Crippen molar-refractivity contribution in [2.45, 2.75) is 45.2 Å². The van der Waals surface area contributed by atoms with Gasteiger partial charge < -0.3 is 10.2 Å². The Bertz CT molecular complexity index is 1400. The third kappa shape index (κ3) is 7.80. The Hall–Kier alpha value is -3.43. The maximum absolute atomic E-state index is 14.9. The van der Waals surface area contributed by atoms with Crippen LogP contribution in [-0.4, -0.2) is 44.3 Å². The molecule has 0 fully saturated rings. The molecule has 0 spiro atoms. The van der Waals surface area contributed by atoms with Crippen LogP contribution < -0.4 is 9.62 Å². The molecule has 0 unspecified atom stereocenters. The zero-order chi connectivity index (χ0) is 28.7. The second-order valence-electron chi connectivity index (χ2n) is 9.74. The van der Waals surface area contributed by atoms with E-state index < -0.39 is 34.3 Å². The minimum atomic E-state index is -4.34. The molecule has 2 amide bonds.